The molecule has 0 aliphatic rings. The van der Waals surface area contributed by atoms with Crippen molar-refractivity contribution in [3.63, 3.8) is 0 Å². The van der Waals surface area contributed by atoms with Gasteiger partial charge >= 0.3 is 0 Å². The number of hydrogen-bond donors (Lipinski definition) is 0. The molecule has 3 aromatic rings. The van der Waals surface area contributed by atoms with Crippen LogP contribution in [0.3, 0.4) is 0 Å². The van der Waals surface area contributed by atoms with Crippen molar-refractivity contribution in [2.45, 2.75) is 0 Å². The van der Waals surface area contributed by atoms with E-state index in [1.165, 1.54) is 22.7 Å². The van der Waals surface area contributed by atoms with Crippen molar-refractivity contribution in [1.29, 1.82) is 0 Å². The van der Waals surface area contributed by atoms with Gasteiger partial charge in [-0.15, -0.1) is 0 Å². The summed E-state index contributed by atoms with van der Waals surface area (Å²) in [6.07, 6.45) is 4.79. The van der Waals surface area contributed by atoms with Gasteiger partial charge in [-0.05, 0) is 12.1 Å². The molecule has 84 valence electrons. The predicted octanol–water partition coefficient (Wildman–Crippen LogP) is 3.28. The van der Waals surface area contributed by atoms with Crippen molar-refractivity contribution < 1.29 is 8.78 Å². The zero-order valence-corrected chi connectivity index (χ0v) is 8.77. The summed E-state index contributed by atoms with van der Waals surface area (Å²) in [6.45, 7) is 0. The first-order valence-electron chi connectivity index (χ1n) is 5.13. The molecule has 2 aromatic heterocycles. The van der Waals surface area contributed by atoms with Crippen LogP contribution >= 0.6 is 0 Å². The molecule has 0 atom stereocenters. The van der Waals surface area contributed by atoms with Gasteiger partial charge in [0.1, 0.15) is 5.82 Å². The molecule has 0 bridgehead atoms. The highest BCUT2D eigenvalue weighted by molar-refractivity contribution is 5.65. The largest absolute Gasteiger partial charge is 0.304 e. The van der Waals surface area contributed by atoms with Gasteiger partial charge in [0.25, 0.3) is 0 Å². The third-order valence-corrected chi connectivity index (χ3v) is 2.63. The third kappa shape index (κ3) is 1.58. The highest BCUT2D eigenvalue weighted by Crippen LogP contribution is 2.24. The fraction of sp³-hybridized carbons (Fsp3) is 0. The Morgan fingerprint density at radius 2 is 1.88 bits per heavy atom. The summed E-state index contributed by atoms with van der Waals surface area (Å²) in [5.74, 6) is -0.831. The average Bonchev–Trinajstić information content (AvgIpc) is 2.78. The lowest BCUT2D eigenvalue weighted by molar-refractivity contribution is 0.625. The molecule has 2 nitrogen and oxygen atoms in total. The summed E-state index contributed by atoms with van der Waals surface area (Å²) < 4.78 is 28.8. The molecule has 0 spiro atoms. The Morgan fingerprint density at radius 3 is 2.71 bits per heavy atom. The van der Waals surface area contributed by atoms with Gasteiger partial charge in [0, 0.05) is 29.7 Å². The summed E-state index contributed by atoms with van der Waals surface area (Å²) in [6, 6.07) is 7.58. The molecule has 0 aliphatic carbocycles. The number of imidazole rings is 1. The second-order valence-electron chi connectivity index (χ2n) is 3.71. The van der Waals surface area contributed by atoms with E-state index in [9.17, 15) is 8.78 Å². The van der Waals surface area contributed by atoms with Gasteiger partial charge in [-0.3, -0.25) is 0 Å². The Kier molecular flexibility index (Phi) is 2.14. The number of fused-ring (bicyclic) bond motifs is 1. The lowest BCUT2D eigenvalue weighted by Gasteiger charge is -2.05. The lowest BCUT2D eigenvalue weighted by atomic mass is 10.1. The maximum absolute atomic E-state index is 13.7. The number of rotatable bonds is 1. The standard InChI is InChI=1S/C13H8F2N2/c14-11-4-2-1-3-10(11)9-7-12(15)13-16-5-6-17(13)8-9/h1-8H. The summed E-state index contributed by atoms with van der Waals surface area (Å²) in [4.78, 5) is 3.87. The lowest BCUT2D eigenvalue weighted by Crippen LogP contribution is -1.92. The Morgan fingerprint density at radius 1 is 1.06 bits per heavy atom. The third-order valence-electron chi connectivity index (χ3n) is 2.63. The minimum atomic E-state index is -0.462. The van der Waals surface area contributed by atoms with E-state index in [4.69, 9.17) is 0 Å². The van der Waals surface area contributed by atoms with E-state index in [0.29, 0.717) is 11.1 Å². The number of halogens is 2. The van der Waals surface area contributed by atoms with Gasteiger partial charge in [0.2, 0.25) is 0 Å². The van der Waals surface area contributed by atoms with Crippen molar-refractivity contribution in [3.05, 3.63) is 60.6 Å². The minimum Gasteiger partial charge on any atom is -0.304 e. The number of pyridine rings is 1. The van der Waals surface area contributed by atoms with Crippen LogP contribution in [0.15, 0.2) is 48.9 Å². The normalized spacial score (nSPS) is 10.9. The Bertz CT molecular complexity index is 689. The SMILES string of the molecule is Fc1ccccc1-c1cc(F)c2nccn2c1. The predicted molar refractivity (Wildman–Crippen MR) is 60.5 cm³/mol. The molecule has 0 saturated carbocycles. The van der Waals surface area contributed by atoms with E-state index < -0.39 is 5.82 Å². The Balaban J connectivity index is 2.28. The summed E-state index contributed by atoms with van der Waals surface area (Å²) in [7, 11) is 0. The van der Waals surface area contributed by atoms with Crippen molar-refractivity contribution in [2.24, 2.45) is 0 Å². The molecule has 1 aromatic carbocycles. The maximum Gasteiger partial charge on any atom is 0.173 e. The number of aromatic nitrogens is 2. The van der Waals surface area contributed by atoms with Crippen LogP contribution < -0.4 is 0 Å². The molecule has 0 radical (unpaired) electrons. The van der Waals surface area contributed by atoms with Crippen molar-refractivity contribution in [3.8, 4) is 11.1 Å². The fourth-order valence-corrected chi connectivity index (χ4v) is 1.83. The van der Waals surface area contributed by atoms with Crippen LogP contribution in [0.25, 0.3) is 16.8 Å². The number of nitrogens with zero attached hydrogens (tertiary/aromatic N) is 2. The highest BCUT2D eigenvalue weighted by Gasteiger charge is 2.09. The van der Waals surface area contributed by atoms with E-state index in [1.807, 2.05) is 0 Å². The molecule has 3 rings (SSSR count). The summed E-state index contributed by atoms with van der Waals surface area (Å²) in [5, 5.41) is 0. The molecule has 0 N–H and O–H groups in total. The van der Waals surface area contributed by atoms with Crippen LogP contribution in [0.2, 0.25) is 0 Å². The van der Waals surface area contributed by atoms with Crippen LogP contribution in [0, 0.1) is 11.6 Å². The topological polar surface area (TPSA) is 17.3 Å². The second-order valence-corrected chi connectivity index (χ2v) is 3.71. The minimum absolute atomic E-state index is 0.241. The van der Waals surface area contributed by atoms with Crippen LogP contribution in [-0.2, 0) is 0 Å². The van der Waals surface area contributed by atoms with Gasteiger partial charge in [-0.1, -0.05) is 18.2 Å². The van der Waals surface area contributed by atoms with Crippen molar-refractivity contribution in [2.75, 3.05) is 0 Å². The van der Waals surface area contributed by atoms with Crippen molar-refractivity contribution in [1.82, 2.24) is 9.38 Å². The molecule has 4 heteroatoms. The molecule has 0 fully saturated rings. The van der Waals surface area contributed by atoms with Crippen LogP contribution in [0.4, 0.5) is 8.78 Å². The molecule has 0 unspecified atom stereocenters. The molecule has 0 saturated heterocycles. The zero-order chi connectivity index (χ0) is 11.8. The van der Waals surface area contributed by atoms with Gasteiger partial charge in [-0.25, -0.2) is 13.8 Å². The van der Waals surface area contributed by atoms with E-state index in [1.54, 1.807) is 30.6 Å². The fourth-order valence-electron chi connectivity index (χ4n) is 1.83. The van der Waals surface area contributed by atoms with E-state index in [0.717, 1.165) is 0 Å². The van der Waals surface area contributed by atoms with Gasteiger partial charge in [-0.2, -0.15) is 0 Å². The van der Waals surface area contributed by atoms with Crippen LogP contribution in [-0.4, -0.2) is 9.38 Å². The van der Waals surface area contributed by atoms with Gasteiger partial charge < -0.3 is 4.40 Å². The average molecular weight is 230 g/mol. The van der Waals surface area contributed by atoms with Gasteiger partial charge in [0.15, 0.2) is 11.5 Å². The molecular weight excluding hydrogens is 222 g/mol. The smallest absolute Gasteiger partial charge is 0.173 e. The van der Waals surface area contributed by atoms with Crippen LogP contribution in [0.1, 0.15) is 0 Å². The van der Waals surface area contributed by atoms with E-state index >= 15 is 0 Å². The van der Waals surface area contributed by atoms with E-state index in [2.05, 4.69) is 4.98 Å². The molecule has 2 heterocycles. The molecular formula is C13H8F2N2. The van der Waals surface area contributed by atoms with E-state index in [-0.39, 0.29) is 11.5 Å². The number of hydrogen-bond acceptors (Lipinski definition) is 1. The Hall–Kier alpha value is -2.23. The molecule has 0 aliphatic heterocycles. The molecule has 17 heavy (non-hydrogen) atoms. The summed E-state index contributed by atoms with van der Waals surface area (Å²) >= 11 is 0. The first-order chi connectivity index (χ1) is 8.25. The monoisotopic (exact) mass is 230 g/mol. The number of benzene rings is 1. The second kappa shape index (κ2) is 3.66. The Labute approximate surface area is 96.2 Å². The first-order valence-corrected chi connectivity index (χ1v) is 5.13. The summed E-state index contributed by atoms with van der Waals surface area (Å²) in [5.41, 5.74) is 1.11. The van der Waals surface area contributed by atoms with Crippen LogP contribution in [0.5, 0.6) is 0 Å². The van der Waals surface area contributed by atoms with Crippen molar-refractivity contribution >= 4 is 5.65 Å². The molecule has 0 amide bonds. The first kappa shape index (κ1) is 9.96. The van der Waals surface area contributed by atoms with Gasteiger partial charge in [0.05, 0.1) is 0 Å². The quantitative estimate of drug-likeness (QED) is 0.627. The highest BCUT2D eigenvalue weighted by atomic mass is 19.1. The maximum atomic E-state index is 13.7. The zero-order valence-electron chi connectivity index (χ0n) is 8.77.